The van der Waals surface area contributed by atoms with Crippen molar-refractivity contribution < 1.29 is 0 Å². The third-order valence-electron chi connectivity index (χ3n) is 4.51. The minimum absolute atomic E-state index is 0.329. The summed E-state index contributed by atoms with van der Waals surface area (Å²) < 4.78 is 2.45. The highest BCUT2D eigenvalue weighted by Crippen LogP contribution is 2.46. The second kappa shape index (κ2) is 4.38. The Morgan fingerprint density at radius 1 is 1.29 bits per heavy atom. The number of halogens is 1. The van der Waals surface area contributed by atoms with Gasteiger partial charge >= 0.3 is 0 Å². The maximum Gasteiger partial charge on any atom is 0.143 e. The Kier molecular flexibility index (Phi) is 3.01. The number of aromatic nitrogens is 3. The van der Waals surface area contributed by atoms with Gasteiger partial charge in [-0.25, -0.2) is 0 Å². The van der Waals surface area contributed by atoms with E-state index in [-0.39, 0.29) is 0 Å². The lowest BCUT2D eigenvalue weighted by Crippen LogP contribution is -2.26. The fourth-order valence-corrected chi connectivity index (χ4v) is 3.66. The van der Waals surface area contributed by atoms with Crippen molar-refractivity contribution in [3.05, 3.63) is 11.6 Å². The number of alkyl halides is 1. The van der Waals surface area contributed by atoms with Gasteiger partial charge < -0.3 is 4.57 Å². The van der Waals surface area contributed by atoms with Crippen LogP contribution in [0.4, 0.5) is 0 Å². The molecule has 0 aromatic carbocycles. The molecule has 0 bridgehead atoms. The Balaban J connectivity index is 2.03. The summed E-state index contributed by atoms with van der Waals surface area (Å²) in [7, 11) is 0. The lowest BCUT2D eigenvalue weighted by molar-refractivity contribution is 0.377. The first-order chi connectivity index (χ1) is 8.30. The summed E-state index contributed by atoms with van der Waals surface area (Å²) in [6.45, 7) is 2.31. The summed E-state index contributed by atoms with van der Waals surface area (Å²) in [5.41, 5.74) is 0.329. The molecule has 1 aromatic rings. The number of rotatable bonds is 4. The van der Waals surface area contributed by atoms with Gasteiger partial charge in [0.1, 0.15) is 11.6 Å². The molecule has 17 heavy (non-hydrogen) atoms. The molecule has 4 heteroatoms. The summed E-state index contributed by atoms with van der Waals surface area (Å²) in [5, 5.41) is 9.79. The van der Waals surface area contributed by atoms with Gasteiger partial charge in [0.25, 0.3) is 0 Å². The van der Waals surface area contributed by atoms with Gasteiger partial charge in [0.05, 0.1) is 5.33 Å². The van der Waals surface area contributed by atoms with E-state index in [0.29, 0.717) is 11.5 Å². The van der Waals surface area contributed by atoms with Crippen LogP contribution in [0.3, 0.4) is 0 Å². The lowest BCUT2D eigenvalue weighted by atomic mass is 9.82. The van der Waals surface area contributed by atoms with Gasteiger partial charge in [0.15, 0.2) is 0 Å². The van der Waals surface area contributed by atoms with E-state index in [2.05, 4.69) is 37.6 Å². The molecule has 2 aliphatic carbocycles. The third-order valence-corrected chi connectivity index (χ3v) is 5.01. The molecule has 94 valence electrons. The van der Waals surface area contributed by atoms with E-state index in [1.54, 1.807) is 0 Å². The molecular formula is C13H20BrN3. The molecule has 3 nitrogen and oxygen atoms in total. The minimum atomic E-state index is 0.329. The summed E-state index contributed by atoms with van der Waals surface area (Å²) >= 11 is 3.54. The number of hydrogen-bond donors (Lipinski definition) is 0. The van der Waals surface area contributed by atoms with Crippen LogP contribution in [0, 0.1) is 0 Å². The molecule has 2 aliphatic rings. The van der Waals surface area contributed by atoms with E-state index in [1.807, 2.05) is 0 Å². The SMILES string of the molecule is CCC1(c2nnc(CBr)n2C2CC2)CCCC1. The zero-order valence-electron chi connectivity index (χ0n) is 10.5. The van der Waals surface area contributed by atoms with E-state index in [0.717, 1.165) is 11.2 Å². The fraction of sp³-hybridized carbons (Fsp3) is 0.846. The standard InChI is InChI=1S/C13H20BrN3/c1-2-13(7-3-4-8-13)12-16-15-11(9-14)17(12)10-5-6-10/h10H,2-9H2,1H3. The molecule has 0 aliphatic heterocycles. The monoisotopic (exact) mass is 297 g/mol. The van der Waals surface area contributed by atoms with Gasteiger partial charge in [-0.2, -0.15) is 0 Å². The quantitative estimate of drug-likeness (QED) is 0.793. The Bertz CT molecular complexity index is 403. The van der Waals surface area contributed by atoms with Crippen LogP contribution in [0.15, 0.2) is 0 Å². The van der Waals surface area contributed by atoms with Crippen LogP contribution in [0.5, 0.6) is 0 Å². The van der Waals surface area contributed by atoms with Crippen molar-refractivity contribution in [2.24, 2.45) is 0 Å². The van der Waals surface area contributed by atoms with Crippen LogP contribution in [0.1, 0.15) is 69.6 Å². The Hall–Kier alpha value is -0.380. The van der Waals surface area contributed by atoms with Crippen LogP contribution in [0.25, 0.3) is 0 Å². The fourth-order valence-electron chi connectivity index (χ4n) is 3.28. The number of nitrogens with zero attached hydrogens (tertiary/aromatic N) is 3. The average Bonchev–Trinajstić information content (AvgIpc) is 2.94. The zero-order chi connectivity index (χ0) is 11.9. The molecule has 3 rings (SSSR count). The first kappa shape index (κ1) is 11.7. The van der Waals surface area contributed by atoms with Crippen LogP contribution >= 0.6 is 15.9 Å². The highest BCUT2D eigenvalue weighted by molar-refractivity contribution is 9.08. The second-order valence-corrected chi connectivity index (χ2v) is 6.08. The average molecular weight is 298 g/mol. The van der Waals surface area contributed by atoms with Gasteiger partial charge in [-0.05, 0) is 32.1 Å². The van der Waals surface area contributed by atoms with Gasteiger partial charge in [0.2, 0.25) is 0 Å². The minimum Gasteiger partial charge on any atom is -0.311 e. The van der Waals surface area contributed by atoms with Crippen molar-refractivity contribution in [2.45, 2.75) is 68.7 Å². The third kappa shape index (κ3) is 1.85. The van der Waals surface area contributed by atoms with Crippen LogP contribution in [-0.4, -0.2) is 14.8 Å². The smallest absolute Gasteiger partial charge is 0.143 e. The van der Waals surface area contributed by atoms with Crippen LogP contribution in [-0.2, 0) is 10.7 Å². The maximum atomic E-state index is 4.56. The van der Waals surface area contributed by atoms with Gasteiger partial charge in [-0.15, -0.1) is 10.2 Å². The van der Waals surface area contributed by atoms with E-state index in [9.17, 15) is 0 Å². The molecule has 2 saturated carbocycles. The Labute approximate surface area is 111 Å². The van der Waals surface area contributed by atoms with E-state index in [1.165, 1.54) is 50.8 Å². The van der Waals surface area contributed by atoms with Crippen molar-refractivity contribution in [1.82, 2.24) is 14.8 Å². The topological polar surface area (TPSA) is 30.7 Å². The first-order valence-corrected chi connectivity index (χ1v) is 7.93. The summed E-state index contributed by atoms with van der Waals surface area (Å²) in [5.74, 6) is 2.41. The summed E-state index contributed by atoms with van der Waals surface area (Å²) in [6.07, 6.45) is 9.15. The predicted molar refractivity (Wildman–Crippen MR) is 71.4 cm³/mol. The van der Waals surface area contributed by atoms with E-state index >= 15 is 0 Å². The molecule has 0 spiro atoms. The summed E-state index contributed by atoms with van der Waals surface area (Å²) in [6, 6.07) is 0.691. The number of hydrogen-bond acceptors (Lipinski definition) is 2. The molecule has 1 aromatic heterocycles. The molecule has 1 heterocycles. The second-order valence-electron chi connectivity index (χ2n) is 5.52. The van der Waals surface area contributed by atoms with E-state index < -0.39 is 0 Å². The van der Waals surface area contributed by atoms with Gasteiger partial charge in [-0.3, -0.25) is 0 Å². The highest BCUT2D eigenvalue weighted by atomic mass is 79.9. The van der Waals surface area contributed by atoms with E-state index in [4.69, 9.17) is 0 Å². The molecule has 0 N–H and O–H groups in total. The Morgan fingerprint density at radius 2 is 2.00 bits per heavy atom. The van der Waals surface area contributed by atoms with Crippen LogP contribution < -0.4 is 0 Å². The molecule has 0 unspecified atom stereocenters. The van der Waals surface area contributed by atoms with Crippen molar-refractivity contribution in [1.29, 1.82) is 0 Å². The van der Waals surface area contributed by atoms with Crippen molar-refractivity contribution in [2.75, 3.05) is 0 Å². The zero-order valence-corrected chi connectivity index (χ0v) is 12.0. The van der Waals surface area contributed by atoms with Crippen molar-refractivity contribution in [3.63, 3.8) is 0 Å². The molecule has 0 amide bonds. The Morgan fingerprint density at radius 3 is 2.53 bits per heavy atom. The highest BCUT2D eigenvalue weighted by Gasteiger charge is 2.41. The van der Waals surface area contributed by atoms with Crippen molar-refractivity contribution >= 4 is 15.9 Å². The lowest BCUT2D eigenvalue weighted by Gasteiger charge is -2.27. The van der Waals surface area contributed by atoms with Gasteiger partial charge in [0, 0.05) is 11.5 Å². The molecule has 0 saturated heterocycles. The predicted octanol–water partition coefficient (Wildman–Crippen LogP) is 3.73. The summed E-state index contributed by atoms with van der Waals surface area (Å²) in [4.78, 5) is 0. The first-order valence-electron chi connectivity index (χ1n) is 6.81. The normalized spacial score (nSPS) is 23.2. The largest absolute Gasteiger partial charge is 0.311 e. The maximum absolute atomic E-state index is 4.56. The van der Waals surface area contributed by atoms with Crippen LogP contribution in [0.2, 0.25) is 0 Å². The molecule has 2 fully saturated rings. The van der Waals surface area contributed by atoms with Gasteiger partial charge in [-0.1, -0.05) is 35.7 Å². The van der Waals surface area contributed by atoms with Crippen molar-refractivity contribution in [3.8, 4) is 0 Å². The molecule has 0 atom stereocenters. The molecular weight excluding hydrogens is 278 g/mol. The molecule has 0 radical (unpaired) electrons.